The number of fused-ring (bicyclic) bond motifs is 2. The summed E-state index contributed by atoms with van der Waals surface area (Å²) in [5, 5.41) is 4.15. The minimum Gasteiger partial charge on any atom is -0.457 e. The van der Waals surface area contributed by atoms with E-state index in [0.717, 1.165) is 35.9 Å². The molecule has 1 unspecified atom stereocenters. The van der Waals surface area contributed by atoms with E-state index in [0.29, 0.717) is 11.3 Å². The van der Waals surface area contributed by atoms with Gasteiger partial charge in [-0.25, -0.2) is 0 Å². The second kappa shape index (κ2) is 7.99. The number of nitrogens with zero attached hydrogens (tertiary/aromatic N) is 1. The molecule has 1 aliphatic carbocycles. The summed E-state index contributed by atoms with van der Waals surface area (Å²) in [6, 6.07) is 25.4. The largest absolute Gasteiger partial charge is 0.457 e. The molecule has 4 heteroatoms. The zero-order valence-electron chi connectivity index (χ0n) is 16.5. The number of amides is 1. The summed E-state index contributed by atoms with van der Waals surface area (Å²) in [7, 11) is 0. The molecule has 0 spiro atoms. The van der Waals surface area contributed by atoms with Gasteiger partial charge in [0, 0.05) is 17.1 Å². The molecule has 0 saturated heterocycles. The standard InChI is InChI=1S/C26H22N2O2/c29-26(28-24-14-6-8-18-7-1-2-11-21(18)24)19-9-5-10-20(17-19)30-25-15-16-27-23-13-4-3-12-22(23)25/h1-5,7,9-13,15-17,24H,6,8,14H2,(H,28,29). The monoisotopic (exact) mass is 394 g/mol. The maximum atomic E-state index is 13.0. The maximum Gasteiger partial charge on any atom is 0.251 e. The van der Waals surface area contributed by atoms with Crippen molar-refractivity contribution in [3.8, 4) is 11.5 Å². The Morgan fingerprint density at radius 2 is 1.83 bits per heavy atom. The third kappa shape index (κ3) is 3.64. The molecule has 3 aromatic carbocycles. The van der Waals surface area contributed by atoms with Crippen LogP contribution in [-0.4, -0.2) is 10.9 Å². The summed E-state index contributed by atoms with van der Waals surface area (Å²) < 4.78 is 6.11. The first-order chi connectivity index (χ1) is 14.8. The number of carbonyl (C=O) groups is 1. The van der Waals surface area contributed by atoms with Gasteiger partial charge in [0.1, 0.15) is 11.5 Å². The molecule has 1 amide bonds. The van der Waals surface area contributed by atoms with E-state index in [2.05, 4.69) is 28.5 Å². The maximum absolute atomic E-state index is 13.0. The molecule has 5 rings (SSSR count). The SMILES string of the molecule is O=C(NC1CCCc2ccccc21)c1cccc(Oc2ccnc3ccccc23)c1. The number of para-hydroxylation sites is 1. The number of aromatic nitrogens is 1. The van der Waals surface area contributed by atoms with Crippen molar-refractivity contribution in [2.24, 2.45) is 0 Å². The van der Waals surface area contributed by atoms with Crippen molar-refractivity contribution in [2.45, 2.75) is 25.3 Å². The summed E-state index contributed by atoms with van der Waals surface area (Å²) in [5.41, 5.74) is 4.03. The predicted octanol–water partition coefficient (Wildman–Crippen LogP) is 5.83. The minimum absolute atomic E-state index is 0.0520. The zero-order valence-corrected chi connectivity index (χ0v) is 16.5. The number of rotatable bonds is 4. The fourth-order valence-electron chi connectivity index (χ4n) is 4.13. The molecule has 4 nitrogen and oxygen atoms in total. The van der Waals surface area contributed by atoms with Gasteiger partial charge < -0.3 is 10.1 Å². The van der Waals surface area contributed by atoms with Crippen LogP contribution in [0.3, 0.4) is 0 Å². The van der Waals surface area contributed by atoms with Gasteiger partial charge in [-0.3, -0.25) is 9.78 Å². The molecule has 30 heavy (non-hydrogen) atoms. The Bertz CT molecular complexity index is 1210. The molecule has 0 saturated carbocycles. The summed E-state index contributed by atoms with van der Waals surface area (Å²) in [6.07, 6.45) is 4.85. The zero-order chi connectivity index (χ0) is 20.3. The van der Waals surface area contributed by atoms with Crippen molar-refractivity contribution in [3.63, 3.8) is 0 Å². The van der Waals surface area contributed by atoms with Gasteiger partial charge in [0.25, 0.3) is 5.91 Å². The lowest BCUT2D eigenvalue weighted by atomic mass is 9.87. The molecule has 0 aliphatic heterocycles. The van der Waals surface area contributed by atoms with Crippen LogP contribution in [0, 0.1) is 0 Å². The lowest BCUT2D eigenvalue weighted by molar-refractivity contribution is 0.0932. The smallest absolute Gasteiger partial charge is 0.251 e. The highest BCUT2D eigenvalue weighted by Gasteiger charge is 2.22. The van der Waals surface area contributed by atoms with Crippen molar-refractivity contribution in [1.29, 1.82) is 0 Å². The van der Waals surface area contributed by atoms with Crippen LogP contribution < -0.4 is 10.1 Å². The van der Waals surface area contributed by atoms with Crippen molar-refractivity contribution in [2.75, 3.05) is 0 Å². The third-order valence-corrected chi connectivity index (χ3v) is 5.61. The number of benzene rings is 3. The number of carbonyl (C=O) groups excluding carboxylic acids is 1. The van der Waals surface area contributed by atoms with E-state index >= 15 is 0 Å². The Morgan fingerprint density at radius 3 is 2.80 bits per heavy atom. The normalized spacial score (nSPS) is 15.4. The number of hydrogen-bond donors (Lipinski definition) is 1. The number of hydrogen-bond acceptors (Lipinski definition) is 3. The van der Waals surface area contributed by atoms with Crippen LogP contribution in [0.15, 0.2) is 85.1 Å². The average molecular weight is 394 g/mol. The van der Waals surface area contributed by atoms with Crippen molar-refractivity contribution >= 4 is 16.8 Å². The molecule has 1 heterocycles. The highest BCUT2D eigenvalue weighted by atomic mass is 16.5. The van der Waals surface area contributed by atoms with E-state index in [9.17, 15) is 4.79 Å². The first-order valence-corrected chi connectivity index (χ1v) is 10.3. The molecule has 148 valence electrons. The van der Waals surface area contributed by atoms with E-state index in [1.54, 1.807) is 12.3 Å². The molecule has 0 bridgehead atoms. The second-order valence-corrected chi connectivity index (χ2v) is 7.57. The average Bonchev–Trinajstić information content (AvgIpc) is 2.80. The lowest BCUT2D eigenvalue weighted by Crippen LogP contribution is -2.30. The van der Waals surface area contributed by atoms with E-state index in [-0.39, 0.29) is 11.9 Å². The summed E-state index contributed by atoms with van der Waals surface area (Å²) >= 11 is 0. The molecule has 1 N–H and O–H groups in total. The second-order valence-electron chi connectivity index (χ2n) is 7.57. The molecular formula is C26H22N2O2. The Labute approximate surface area is 175 Å². The van der Waals surface area contributed by atoms with Gasteiger partial charge in [-0.05, 0) is 66.8 Å². The highest BCUT2D eigenvalue weighted by Crippen LogP contribution is 2.31. The first kappa shape index (κ1) is 18.4. The van der Waals surface area contributed by atoms with Crippen molar-refractivity contribution in [3.05, 3.63) is 102 Å². The molecular weight excluding hydrogens is 372 g/mol. The van der Waals surface area contributed by atoms with Gasteiger partial charge in [0.05, 0.1) is 11.6 Å². The van der Waals surface area contributed by atoms with Gasteiger partial charge in [0.2, 0.25) is 0 Å². The van der Waals surface area contributed by atoms with Crippen LogP contribution in [0.25, 0.3) is 10.9 Å². The highest BCUT2D eigenvalue weighted by molar-refractivity contribution is 5.95. The Kier molecular flexibility index (Phi) is 4.89. The Balaban J connectivity index is 1.37. The van der Waals surface area contributed by atoms with Crippen LogP contribution >= 0.6 is 0 Å². The molecule has 1 aromatic heterocycles. The van der Waals surface area contributed by atoms with Crippen LogP contribution in [-0.2, 0) is 6.42 Å². The minimum atomic E-state index is -0.0817. The van der Waals surface area contributed by atoms with Gasteiger partial charge in [0.15, 0.2) is 0 Å². The molecule has 0 radical (unpaired) electrons. The molecule has 1 atom stereocenters. The summed E-state index contributed by atoms with van der Waals surface area (Å²) in [4.78, 5) is 17.3. The fraction of sp³-hybridized carbons (Fsp3) is 0.154. The number of pyridine rings is 1. The number of nitrogens with one attached hydrogen (secondary N) is 1. The van der Waals surface area contributed by atoms with Gasteiger partial charge >= 0.3 is 0 Å². The van der Waals surface area contributed by atoms with Crippen molar-refractivity contribution in [1.82, 2.24) is 10.3 Å². The topological polar surface area (TPSA) is 51.2 Å². The van der Waals surface area contributed by atoms with Crippen LogP contribution in [0.2, 0.25) is 0 Å². The van der Waals surface area contributed by atoms with E-state index < -0.39 is 0 Å². The van der Waals surface area contributed by atoms with Crippen LogP contribution in [0.1, 0.15) is 40.4 Å². The Morgan fingerprint density at radius 1 is 0.967 bits per heavy atom. The van der Waals surface area contributed by atoms with E-state index in [1.165, 1.54) is 11.1 Å². The number of ether oxygens (including phenoxy) is 1. The molecule has 4 aromatic rings. The van der Waals surface area contributed by atoms with Gasteiger partial charge in [-0.15, -0.1) is 0 Å². The number of aryl methyl sites for hydroxylation is 1. The van der Waals surface area contributed by atoms with E-state index in [4.69, 9.17) is 4.74 Å². The van der Waals surface area contributed by atoms with Gasteiger partial charge in [-0.2, -0.15) is 0 Å². The van der Waals surface area contributed by atoms with E-state index in [1.807, 2.05) is 54.6 Å². The Hall–Kier alpha value is -3.66. The third-order valence-electron chi connectivity index (χ3n) is 5.61. The first-order valence-electron chi connectivity index (χ1n) is 10.3. The molecule has 1 aliphatic rings. The van der Waals surface area contributed by atoms with Crippen molar-refractivity contribution < 1.29 is 9.53 Å². The fourth-order valence-corrected chi connectivity index (χ4v) is 4.13. The van der Waals surface area contributed by atoms with Crippen LogP contribution in [0.4, 0.5) is 0 Å². The predicted molar refractivity (Wildman–Crippen MR) is 118 cm³/mol. The van der Waals surface area contributed by atoms with Crippen LogP contribution in [0.5, 0.6) is 11.5 Å². The summed E-state index contributed by atoms with van der Waals surface area (Å²) in [5.74, 6) is 1.27. The molecule has 0 fully saturated rings. The quantitative estimate of drug-likeness (QED) is 0.473. The summed E-state index contributed by atoms with van der Waals surface area (Å²) in [6.45, 7) is 0. The lowest BCUT2D eigenvalue weighted by Gasteiger charge is -2.26. The van der Waals surface area contributed by atoms with Gasteiger partial charge in [-0.1, -0.05) is 42.5 Å².